The van der Waals surface area contributed by atoms with Crippen LogP contribution in [0.1, 0.15) is 52.9 Å². The van der Waals surface area contributed by atoms with Gasteiger partial charge in [-0.05, 0) is 51.4 Å². The largest absolute Gasteiger partial charge is 0.396 e. The maximum atomic E-state index is 8.98. The Balaban J connectivity index is 2.49. The Morgan fingerprint density at radius 2 is 2.06 bits per heavy atom. The smallest absolute Gasteiger partial charge is 0.0443 e. The Morgan fingerprint density at radius 1 is 1.33 bits per heavy atom. The van der Waals surface area contributed by atoms with Gasteiger partial charge in [-0.2, -0.15) is 0 Å². The van der Waals surface area contributed by atoms with Crippen molar-refractivity contribution in [1.29, 1.82) is 0 Å². The SMILES string of the molecule is CCC1CCC(N)C(CN(CCCO)C(C)C)C1. The van der Waals surface area contributed by atoms with Crippen molar-refractivity contribution >= 4 is 0 Å². The van der Waals surface area contributed by atoms with Crippen molar-refractivity contribution in [3.63, 3.8) is 0 Å². The molecule has 3 heteroatoms. The van der Waals surface area contributed by atoms with Crippen LogP contribution in [-0.2, 0) is 0 Å². The molecule has 108 valence electrons. The normalized spacial score (nSPS) is 29.2. The molecule has 3 N–H and O–H groups in total. The van der Waals surface area contributed by atoms with Crippen LogP contribution in [0.3, 0.4) is 0 Å². The van der Waals surface area contributed by atoms with Crippen molar-refractivity contribution in [2.75, 3.05) is 19.7 Å². The number of hydrogen-bond donors (Lipinski definition) is 2. The number of nitrogens with zero attached hydrogens (tertiary/aromatic N) is 1. The minimum atomic E-state index is 0.289. The average Bonchev–Trinajstić information content (AvgIpc) is 2.36. The van der Waals surface area contributed by atoms with Gasteiger partial charge in [-0.3, -0.25) is 0 Å². The van der Waals surface area contributed by atoms with Crippen molar-refractivity contribution in [2.24, 2.45) is 17.6 Å². The molecule has 3 unspecified atom stereocenters. The molecule has 3 atom stereocenters. The minimum Gasteiger partial charge on any atom is -0.396 e. The maximum Gasteiger partial charge on any atom is 0.0443 e. The molecular formula is C15H32N2O. The van der Waals surface area contributed by atoms with E-state index in [2.05, 4.69) is 25.7 Å². The van der Waals surface area contributed by atoms with Crippen LogP contribution < -0.4 is 5.73 Å². The van der Waals surface area contributed by atoms with Crippen LogP contribution >= 0.6 is 0 Å². The van der Waals surface area contributed by atoms with Crippen LogP contribution in [0, 0.1) is 11.8 Å². The van der Waals surface area contributed by atoms with Crippen LogP contribution in [0.25, 0.3) is 0 Å². The van der Waals surface area contributed by atoms with Gasteiger partial charge >= 0.3 is 0 Å². The first-order valence-electron chi connectivity index (χ1n) is 7.68. The molecule has 18 heavy (non-hydrogen) atoms. The van der Waals surface area contributed by atoms with Gasteiger partial charge in [-0.1, -0.05) is 13.3 Å². The highest BCUT2D eigenvalue weighted by molar-refractivity contribution is 4.84. The third-order valence-corrected chi connectivity index (χ3v) is 4.53. The highest BCUT2D eigenvalue weighted by atomic mass is 16.3. The first-order valence-corrected chi connectivity index (χ1v) is 7.68. The second-order valence-electron chi connectivity index (χ2n) is 6.18. The van der Waals surface area contributed by atoms with Crippen LogP contribution in [0.5, 0.6) is 0 Å². The molecule has 0 aliphatic heterocycles. The summed E-state index contributed by atoms with van der Waals surface area (Å²) in [6.07, 6.45) is 5.96. The van der Waals surface area contributed by atoms with Crippen molar-refractivity contribution in [2.45, 2.75) is 65.0 Å². The zero-order valence-corrected chi connectivity index (χ0v) is 12.4. The Labute approximate surface area is 113 Å². The summed E-state index contributed by atoms with van der Waals surface area (Å²) in [6.45, 7) is 9.16. The summed E-state index contributed by atoms with van der Waals surface area (Å²) in [6, 6.07) is 0.925. The summed E-state index contributed by atoms with van der Waals surface area (Å²) >= 11 is 0. The fraction of sp³-hybridized carbons (Fsp3) is 1.00. The standard InChI is InChI=1S/C15H32N2O/c1-4-13-6-7-15(16)14(10-13)11-17(12(2)3)8-5-9-18/h12-15,18H,4-11,16H2,1-3H3. The van der Waals surface area contributed by atoms with E-state index in [0.717, 1.165) is 25.4 Å². The number of nitrogens with two attached hydrogens (primary N) is 1. The van der Waals surface area contributed by atoms with Crippen molar-refractivity contribution in [3.8, 4) is 0 Å². The van der Waals surface area contributed by atoms with E-state index in [1.807, 2.05) is 0 Å². The van der Waals surface area contributed by atoms with Crippen molar-refractivity contribution < 1.29 is 5.11 Å². The van der Waals surface area contributed by atoms with Gasteiger partial charge in [-0.15, -0.1) is 0 Å². The van der Waals surface area contributed by atoms with E-state index in [9.17, 15) is 0 Å². The lowest BCUT2D eigenvalue weighted by molar-refractivity contribution is 0.123. The van der Waals surface area contributed by atoms with E-state index < -0.39 is 0 Å². The van der Waals surface area contributed by atoms with Gasteiger partial charge in [-0.25, -0.2) is 0 Å². The van der Waals surface area contributed by atoms with Gasteiger partial charge in [0.05, 0.1) is 0 Å². The minimum absolute atomic E-state index is 0.289. The van der Waals surface area contributed by atoms with Gasteiger partial charge < -0.3 is 15.7 Å². The van der Waals surface area contributed by atoms with E-state index >= 15 is 0 Å². The first kappa shape index (κ1) is 15.9. The number of hydrogen-bond acceptors (Lipinski definition) is 3. The predicted octanol–water partition coefficient (Wildman–Crippen LogP) is 2.23. The molecule has 1 rings (SSSR count). The van der Waals surface area contributed by atoms with Gasteiger partial charge in [0.25, 0.3) is 0 Å². The molecule has 0 aromatic heterocycles. The van der Waals surface area contributed by atoms with Crippen molar-refractivity contribution in [1.82, 2.24) is 4.90 Å². The zero-order chi connectivity index (χ0) is 13.5. The van der Waals surface area contributed by atoms with Crippen molar-refractivity contribution in [3.05, 3.63) is 0 Å². The average molecular weight is 256 g/mol. The van der Waals surface area contributed by atoms with E-state index in [4.69, 9.17) is 10.8 Å². The Kier molecular flexibility index (Phi) is 7.20. The third kappa shape index (κ3) is 4.87. The van der Waals surface area contributed by atoms with E-state index in [1.54, 1.807) is 0 Å². The maximum absolute atomic E-state index is 8.98. The topological polar surface area (TPSA) is 49.5 Å². The van der Waals surface area contributed by atoms with E-state index in [0.29, 0.717) is 18.0 Å². The quantitative estimate of drug-likeness (QED) is 0.734. The molecule has 1 aliphatic carbocycles. The summed E-state index contributed by atoms with van der Waals surface area (Å²) < 4.78 is 0. The molecule has 0 spiro atoms. The lowest BCUT2D eigenvalue weighted by Gasteiger charge is -2.38. The molecule has 0 saturated heterocycles. The second-order valence-corrected chi connectivity index (χ2v) is 6.18. The molecule has 0 radical (unpaired) electrons. The predicted molar refractivity (Wildman–Crippen MR) is 77.5 cm³/mol. The first-order chi connectivity index (χ1) is 8.58. The summed E-state index contributed by atoms with van der Waals surface area (Å²) in [4.78, 5) is 2.48. The van der Waals surface area contributed by atoms with E-state index in [1.165, 1.54) is 25.7 Å². The molecule has 0 amide bonds. The highest BCUT2D eigenvalue weighted by Gasteiger charge is 2.29. The molecule has 0 aromatic carbocycles. The molecule has 0 aromatic rings. The lowest BCUT2D eigenvalue weighted by Crippen LogP contribution is -2.45. The molecule has 0 bridgehead atoms. The van der Waals surface area contributed by atoms with Gasteiger partial charge in [0, 0.05) is 31.8 Å². The number of rotatable bonds is 7. The van der Waals surface area contributed by atoms with Gasteiger partial charge in [0.15, 0.2) is 0 Å². The molecule has 1 saturated carbocycles. The highest BCUT2D eigenvalue weighted by Crippen LogP contribution is 2.31. The second kappa shape index (κ2) is 8.13. The summed E-state index contributed by atoms with van der Waals surface area (Å²) in [7, 11) is 0. The molecule has 0 heterocycles. The number of aliphatic hydroxyl groups is 1. The number of aliphatic hydroxyl groups excluding tert-OH is 1. The molecule has 1 aliphatic rings. The van der Waals surface area contributed by atoms with Crippen LogP contribution in [0.4, 0.5) is 0 Å². The van der Waals surface area contributed by atoms with E-state index in [-0.39, 0.29) is 6.61 Å². The fourth-order valence-corrected chi connectivity index (χ4v) is 3.10. The Morgan fingerprint density at radius 3 is 2.61 bits per heavy atom. The zero-order valence-electron chi connectivity index (χ0n) is 12.4. The molecular weight excluding hydrogens is 224 g/mol. The fourth-order valence-electron chi connectivity index (χ4n) is 3.10. The van der Waals surface area contributed by atoms with Crippen LogP contribution in [0.2, 0.25) is 0 Å². The van der Waals surface area contributed by atoms with Gasteiger partial charge in [0.1, 0.15) is 0 Å². The summed E-state index contributed by atoms with van der Waals surface area (Å²) in [5.41, 5.74) is 6.30. The van der Waals surface area contributed by atoms with Gasteiger partial charge in [0.2, 0.25) is 0 Å². The third-order valence-electron chi connectivity index (χ3n) is 4.53. The molecule has 3 nitrogen and oxygen atoms in total. The molecule has 1 fully saturated rings. The lowest BCUT2D eigenvalue weighted by atomic mass is 9.77. The van der Waals surface area contributed by atoms with Crippen LogP contribution in [0.15, 0.2) is 0 Å². The van der Waals surface area contributed by atoms with Crippen LogP contribution in [-0.4, -0.2) is 41.8 Å². The Hall–Kier alpha value is -0.120. The Bertz CT molecular complexity index is 221. The summed E-state index contributed by atoms with van der Waals surface area (Å²) in [5.74, 6) is 1.52. The monoisotopic (exact) mass is 256 g/mol. The summed E-state index contributed by atoms with van der Waals surface area (Å²) in [5, 5.41) is 8.98.